The zero-order valence-corrected chi connectivity index (χ0v) is 18.6. The van der Waals surface area contributed by atoms with Gasteiger partial charge in [-0.1, -0.05) is 6.07 Å². The quantitative estimate of drug-likeness (QED) is 0.483. The maximum atomic E-state index is 13.2. The van der Waals surface area contributed by atoms with E-state index >= 15 is 0 Å². The molecule has 0 amide bonds. The topological polar surface area (TPSA) is 120 Å². The van der Waals surface area contributed by atoms with Gasteiger partial charge in [-0.15, -0.1) is 0 Å². The molecule has 2 N–H and O–H groups in total. The summed E-state index contributed by atoms with van der Waals surface area (Å²) in [6.07, 6.45) is 1.07. The van der Waals surface area contributed by atoms with Crippen molar-refractivity contribution in [2.45, 2.75) is 18.1 Å². The highest BCUT2D eigenvalue weighted by Crippen LogP contribution is 2.38. The first-order valence-electron chi connectivity index (χ1n) is 8.87. The molecule has 0 fully saturated rings. The van der Waals surface area contributed by atoms with E-state index in [2.05, 4.69) is 25.8 Å². The smallest absolute Gasteiger partial charge is 0.338 e. The molecule has 4 rings (SSSR count). The minimum absolute atomic E-state index is 0.0202. The Morgan fingerprint density at radius 3 is 2.72 bits per heavy atom. The number of anilines is 1. The van der Waals surface area contributed by atoms with Crippen molar-refractivity contribution in [3.05, 3.63) is 52.3 Å². The normalized spacial score (nSPS) is 15.0. The van der Waals surface area contributed by atoms with E-state index in [0.717, 1.165) is 12.3 Å². The molecular formula is C19H14BrF2N3O6S. The molecule has 0 aliphatic carbocycles. The Labute approximate surface area is 188 Å². The van der Waals surface area contributed by atoms with Gasteiger partial charge in [0.1, 0.15) is 28.7 Å². The van der Waals surface area contributed by atoms with Gasteiger partial charge < -0.3 is 14.6 Å². The van der Waals surface area contributed by atoms with Crippen molar-refractivity contribution in [2.75, 3.05) is 11.8 Å². The maximum absolute atomic E-state index is 13.2. The fourth-order valence-electron chi connectivity index (χ4n) is 3.15. The van der Waals surface area contributed by atoms with Crippen molar-refractivity contribution >= 4 is 37.6 Å². The van der Waals surface area contributed by atoms with Crippen molar-refractivity contribution in [3.63, 3.8) is 0 Å². The van der Waals surface area contributed by atoms with Crippen LogP contribution in [0.4, 0.5) is 14.5 Å². The van der Waals surface area contributed by atoms with Crippen LogP contribution in [0.3, 0.4) is 0 Å². The number of alkyl halides is 2. The third-order valence-corrected chi connectivity index (χ3v) is 6.64. The number of cyclic esters (lactones) is 1. The molecule has 168 valence electrons. The first-order chi connectivity index (χ1) is 15.1. The van der Waals surface area contributed by atoms with E-state index in [0.29, 0.717) is 10.2 Å². The number of carbonyl (C=O) groups excluding carboxylic acids is 1. The Morgan fingerprint density at radius 2 is 2.03 bits per heavy atom. The maximum Gasteiger partial charge on any atom is 0.338 e. The summed E-state index contributed by atoms with van der Waals surface area (Å²) >= 11 is 3.02. The predicted octanol–water partition coefficient (Wildman–Crippen LogP) is 3.89. The number of methoxy groups -OCH3 is 1. The van der Waals surface area contributed by atoms with Crippen LogP contribution in [0, 0.1) is 0 Å². The number of aromatic nitrogens is 2. The number of fused-ring (bicyclic) bond motifs is 6. The highest BCUT2D eigenvalue weighted by Gasteiger charge is 2.27. The Hall–Kier alpha value is -3.19. The van der Waals surface area contributed by atoms with Crippen LogP contribution in [0.5, 0.6) is 11.5 Å². The molecule has 4 bridgehead atoms. The lowest BCUT2D eigenvalue weighted by molar-refractivity contribution is 0.0446. The number of phenols is 1. The van der Waals surface area contributed by atoms with Gasteiger partial charge >= 0.3 is 12.5 Å². The van der Waals surface area contributed by atoms with E-state index in [1.54, 1.807) is 0 Å². The number of benzene rings is 2. The van der Waals surface area contributed by atoms with Crippen molar-refractivity contribution in [2.24, 2.45) is 0 Å². The largest absolute Gasteiger partial charge is 0.505 e. The van der Waals surface area contributed by atoms with Gasteiger partial charge in [0.15, 0.2) is 0 Å². The summed E-state index contributed by atoms with van der Waals surface area (Å²) in [5, 5.41) is 14.1. The standard InChI is InChI=1S/C19H14BrF2N3O6S/c1-30-15-3-2-9-5-13(15)24-32(28,29)16-6-10(4-12(20)17(16)26)18(27)31-8-14-11(9)7-25(23-14)19(21)22/h2-7,19,24,26H,8H2,1H3. The Bertz CT molecular complexity index is 1340. The minimum Gasteiger partial charge on any atom is -0.505 e. The van der Waals surface area contributed by atoms with Gasteiger partial charge in [-0.05, 0) is 45.8 Å². The molecule has 0 unspecified atom stereocenters. The lowest BCUT2D eigenvalue weighted by Crippen LogP contribution is -2.15. The summed E-state index contributed by atoms with van der Waals surface area (Å²) in [7, 11) is -3.09. The minimum atomic E-state index is -4.41. The summed E-state index contributed by atoms with van der Waals surface area (Å²) in [6.45, 7) is -3.40. The number of nitrogens with one attached hydrogen (secondary N) is 1. The Morgan fingerprint density at radius 1 is 1.28 bits per heavy atom. The summed E-state index contributed by atoms with van der Waals surface area (Å²) in [5.74, 6) is -1.42. The molecular weight excluding hydrogens is 516 g/mol. The average Bonchev–Trinajstić information content (AvgIpc) is 3.17. The summed E-state index contributed by atoms with van der Waals surface area (Å²) in [6, 6.07) is 6.44. The van der Waals surface area contributed by atoms with Gasteiger partial charge in [-0.2, -0.15) is 13.9 Å². The number of nitrogens with zero attached hydrogens (tertiary/aromatic N) is 2. The van der Waals surface area contributed by atoms with Crippen molar-refractivity contribution in [1.82, 2.24) is 9.78 Å². The van der Waals surface area contributed by atoms with Crippen molar-refractivity contribution < 1.29 is 36.6 Å². The molecule has 0 saturated carbocycles. The van der Waals surface area contributed by atoms with Crippen LogP contribution < -0.4 is 9.46 Å². The molecule has 1 aliphatic heterocycles. The fraction of sp³-hybridized carbons (Fsp3) is 0.158. The molecule has 13 heteroatoms. The second-order valence-corrected chi connectivity index (χ2v) is 9.15. The van der Waals surface area contributed by atoms with Gasteiger partial charge in [0.05, 0.1) is 22.8 Å². The second-order valence-electron chi connectivity index (χ2n) is 6.65. The van der Waals surface area contributed by atoms with Gasteiger partial charge in [-0.25, -0.2) is 17.9 Å². The highest BCUT2D eigenvalue weighted by molar-refractivity contribution is 9.10. The first kappa shape index (κ1) is 22.0. The number of aromatic hydroxyl groups is 1. The second kappa shape index (κ2) is 8.06. The lowest BCUT2D eigenvalue weighted by Gasteiger charge is -2.15. The van der Waals surface area contributed by atoms with Crippen LogP contribution in [-0.2, 0) is 21.4 Å². The molecule has 2 aromatic carbocycles. The number of hydrogen-bond acceptors (Lipinski definition) is 7. The molecule has 0 saturated heterocycles. The van der Waals surface area contributed by atoms with Crippen LogP contribution in [0.25, 0.3) is 11.1 Å². The first-order valence-corrected chi connectivity index (χ1v) is 11.2. The lowest BCUT2D eigenvalue weighted by atomic mass is 10.1. The number of halogens is 3. The number of sulfonamides is 1. The van der Waals surface area contributed by atoms with Gasteiger partial charge in [0.25, 0.3) is 10.0 Å². The van der Waals surface area contributed by atoms with Gasteiger partial charge in [-0.3, -0.25) is 4.72 Å². The van der Waals surface area contributed by atoms with Crippen molar-refractivity contribution in [3.8, 4) is 22.6 Å². The van der Waals surface area contributed by atoms with E-state index < -0.39 is 39.8 Å². The molecule has 0 radical (unpaired) electrons. The van der Waals surface area contributed by atoms with E-state index in [9.17, 15) is 27.1 Å². The number of hydrogen-bond donors (Lipinski definition) is 2. The molecule has 2 heterocycles. The average molecular weight is 530 g/mol. The van der Waals surface area contributed by atoms with Crippen LogP contribution in [0.2, 0.25) is 0 Å². The molecule has 3 aromatic rings. The number of esters is 1. The molecule has 0 spiro atoms. The Balaban J connectivity index is 1.98. The van der Waals surface area contributed by atoms with Gasteiger partial charge in [0.2, 0.25) is 0 Å². The van der Waals surface area contributed by atoms with E-state index in [4.69, 9.17) is 9.47 Å². The zero-order chi connectivity index (χ0) is 23.2. The monoisotopic (exact) mass is 529 g/mol. The predicted molar refractivity (Wildman–Crippen MR) is 111 cm³/mol. The van der Waals surface area contributed by atoms with Crippen molar-refractivity contribution in [1.29, 1.82) is 0 Å². The van der Waals surface area contributed by atoms with Gasteiger partial charge in [0, 0.05) is 11.8 Å². The van der Waals surface area contributed by atoms with Crippen LogP contribution >= 0.6 is 15.9 Å². The van der Waals surface area contributed by atoms with Crippen LogP contribution in [-0.4, -0.2) is 36.4 Å². The van der Waals surface area contributed by atoms with Crippen LogP contribution in [0.15, 0.2) is 45.9 Å². The third-order valence-electron chi connectivity index (χ3n) is 4.66. The summed E-state index contributed by atoms with van der Waals surface area (Å²) in [4.78, 5) is 12.0. The Kier molecular flexibility index (Phi) is 5.54. The molecule has 0 atom stereocenters. The SMILES string of the molecule is COc1ccc2cc1NS(=O)(=O)c1cc(cc(Br)c1O)C(=O)OCc1nn(C(F)F)cc1-2. The van der Waals surface area contributed by atoms with Crippen LogP contribution in [0.1, 0.15) is 22.6 Å². The number of phenolic OH excluding ortho intramolecular Hbond substituents is 1. The van der Waals surface area contributed by atoms with E-state index in [1.165, 1.54) is 31.4 Å². The molecule has 1 aromatic heterocycles. The summed E-state index contributed by atoms with van der Waals surface area (Å²) in [5.41, 5.74) is 0.347. The number of carbonyl (C=O) groups is 1. The van der Waals surface area contributed by atoms with E-state index in [1.807, 2.05) is 0 Å². The highest BCUT2D eigenvalue weighted by atomic mass is 79.9. The van der Waals surface area contributed by atoms with E-state index in [-0.39, 0.29) is 32.7 Å². The third kappa shape index (κ3) is 3.88. The number of rotatable bonds is 2. The fourth-order valence-corrected chi connectivity index (χ4v) is 4.94. The molecule has 1 aliphatic rings. The number of ether oxygens (including phenoxy) is 2. The molecule has 9 nitrogen and oxygen atoms in total. The zero-order valence-electron chi connectivity index (χ0n) is 16.2. The molecule has 32 heavy (non-hydrogen) atoms. The summed E-state index contributed by atoms with van der Waals surface area (Å²) < 4.78 is 65.6.